The van der Waals surface area contributed by atoms with E-state index in [1.165, 1.54) is 20.3 Å². The van der Waals surface area contributed by atoms with Crippen LogP contribution >= 0.6 is 0 Å². The van der Waals surface area contributed by atoms with Crippen molar-refractivity contribution in [2.75, 3.05) is 27.9 Å². The predicted octanol–water partition coefficient (Wildman–Crippen LogP) is 4.27. The Morgan fingerprint density at radius 2 is 1.75 bits per heavy atom. The summed E-state index contributed by atoms with van der Waals surface area (Å²) in [7, 11) is 4.47. The van der Waals surface area contributed by atoms with Crippen molar-refractivity contribution in [1.29, 1.82) is 5.26 Å². The van der Waals surface area contributed by atoms with Gasteiger partial charge in [0.05, 0.1) is 21.3 Å². The zero-order chi connectivity index (χ0) is 23.9. The van der Waals surface area contributed by atoms with Gasteiger partial charge in [0, 0.05) is 6.54 Å². The Morgan fingerprint density at radius 1 is 1.09 bits per heavy atom. The van der Waals surface area contributed by atoms with E-state index < -0.39 is 5.91 Å². The van der Waals surface area contributed by atoms with Crippen molar-refractivity contribution < 1.29 is 24.1 Å². The number of hydrogen-bond acceptors (Lipinski definition) is 6. The standard InChI is InChI=1S/C23H24N2O5.C2H6/c1-28-19-9-5-6-16(12-19)10-11-25-23(27)18(15-24)8-4-7-17-13-20(29-2)22(26)21(14-17)30-3;1-2/h4-9,12-14,26H,10-11H2,1-3H3,(H,25,27);1-2H3/b7-4+,18-8+;. The Kier molecular flexibility index (Phi) is 11.5. The Morgan fingerprint density at radius 3 is 2.31 bits per heavy atom. The molecule has 0 aromatic heterocycles. The van der Waals surface area contributed by atoms with Crippen LogP contribution in [0.25, 0.3) is 6.08 Å². The molecular formula is C25H30N2O5. The molecule has 32 heavy (non-hydrogen) atoms. The van der Waals surface area contributed by atoms with Crippen LogP contribution in [0.15, 0.2) is 54.1 Å². The second-order valence-electron chi connectivity index (χ2n) is 6.18. The molecule has 0 saturated heterocycles. The third-order valence-corrected chi connectivity index (χ3v) is 4.25. The first-order valence-corrected chi connectivity index (χ1v) is 10.2. The number of phenols is 1. The molecule has 0 unspecified atom stereocenters. The molecule has 2 aromatic carbocycles. The SMILES string of the molecule is CC.COc1cccc(CCNC(=O)/C(C#N)=C/C=C/c2cc(OC)c(O)c(OC)c2)c1. The van der Waals surface area contributed by atoms with Gasteiger partial charge >= 0.3 is 0 Å². The minimum absolute atomic E-state index is 0.0189. The van der Waals surface area contributed by atoms with Crippen LogP contribution in [0.5, 0.6) is 23.0 Å². The van der Waals surface area contributed by atoms with E-state index in [0.717, 1.165) is 11.3 Å². The number of nitrogens with one attached hydrogen (secondary N) is 1. The summed E-state index contributed by atoms with van der Waals surface area (Å²) in [5.41, 5.74) is 1.68. The average molecular weight is 439 g/mol. The molecule has 0 heterocycles. The lowest BCUT2D eigenvalue weighted by atomic mass is 10.1. The van der Waals surface area contributed by atoms with E-state index >= 15 is 0 Å². The molecule has 7 heteroatoms. The predicted molar refractivity (Wildman–Crippen MR) is 125 cm³/mol. The maximum absolute atomic E-state index is 12.2. The number of rotatable bonds is 9. The second-order valence-corrected chi connectivity index (χ2v) is 6.18. The number of allylic oxidation sites excluding steroid dienone is 2. The summed E-state index contributed by atoms with van der Waals surface area (Å²) in [5.74, 6) is 0.721. The van der Waals surface area contributed by atoms with Crippen LogP contribution in [-0.4, -0.2) is 38.9 Å². The minimum atomic E-state index is -0.453. The summed E-state index contributed by atoms with van der Waals surface area (Å²) in [6.45, 7) is 4.39. The summed E-state index contributed by atoms with van der Waals surface area (Å²) in [5, 5.41) is 22.0. The highest BCUT2D eigenvalue weighted by Crippen LogP contribution is 2.37. The fourth-order valence-corrected chi connectivity index (χ4v) is 2.67. The number of nitrogens with zero attached hydrogens (tertiary/aromatic N) is 1. The van der Waals surface area contributed by atoms with Gasteiger partial charge in [0.2, 0.25) is 5.75 Å². The van der Waals surface area contributed by atoms with Crippen LogP contribution in [-0.2, 0) is 11.2 Å². The summed E-state index contributed by atoms with van der Waals surface area (Å²) in [6, 6.07) is 12.7. The number of hydrogen-bond donors (Lipinski definition) is 2. The number of ether oxygens (including phenoxy) is 3. The molecule has 0 aliphatic heterocycles. The van der Waals surface area contributed by atoms with Crippen LogP contribution in [0.4, 0.5) is 0 Å². The number of nitriles is 1. The maximum Gasteiger partial charge on any atom is 0.261 e. The Hall–Kier alpha value is -3.92. The Balaban J connectivity index is 0.00000249. The van der Waals surface area contributed by atoms with Gasteiger partial charge < -0.3 is 24.6 Å². The molecule has 2 N–H and O–H groups in total. The van der Waals surface area contributed by atoms with Crippen LogP contribution in [0, 0.1) is 11.3 Å². The molecule has 0 aliphatic rings. The molecule has 170 valence electrons. The Labute approximate surface area is 189 Å². The van der Waals surface area contributed by atoms with Gasteiger partial charge in [-0.05, 0) is 47.9 Å². The van der Waals surface area contributed by atoms with Gasteiger partial charge in [-0.2, -0.15) is 5.26 Å². The molecule has 0 aliphatic carbocycles. The van der Waals surface area contributed by atoms with Crippen LogP contribution in [0.1, 0.15) is 25.0 Å². The lowest BCUT2D eigenvalue weighted by molar-refractivity contribution is -0.117. The van der Waals surface area contributed by atoms with Gasteiger partial charge in [0.15, 0.2) is 11.5 Å². The highest BCUT2D eigenvalue weighted by molar-refractivity contribution is 5.97. The number of aromatic hydroxyl groups is 1. The maximum atomic E-state index is 12.2. The topological polar surface area (TPSA) is 101 Å². The monoisotopic (exact) mass is 438 g/mol. The number of benzene rings is 2. The highest BCUT2D eigenvalue weighted by atomic mass is 16.5. The van der Waals surface area contributed by atoms with Gasteiger partial charge in [-0.3, -0.25) is 4.79 Å². The molecule has 2 rings (SSSR count). The van der Waals surface area contributed by atoms with Crippen molar-refractivity contribution >= 4 is 12.0 Å². The summed E-state index contributed by atoms with van der Waals surface area (Å²) >= 11 is 0. The summed E-state index contributed by atoms with van der Waals surface area (Å²) in [4.78, 5) is 12.2. The second kappa shape index (κ2) is 14.1. The number of carbonyl (C=O) groups excluding carboxylic acids is 1. The van der Waals surface area contributed by atoms with Crippen molar-refractivity contribution in [3.05, 3.63) is 65.3 Å². The van der Waals surface area contributed by atoms with Crippen molar-refractivity contribution in [2.45, 2.75) is 20.3 Å². The molecule has 0 fully saturated rings. The quantitative estimate of drug-likeness (QED) is 0.345. The van der Waals surface area contributed by atoms with Crippen LogP contribution in [0.3, 0.4) is 0 Å². The molecule has 0 saturated carbocycles. The zero-order valence-corrected chi connectivity index (χ0v) is 19.1. The summed E-state index contributed by atoms with van der Waals surface area (Å²) in [6.07, 6.45) is 5.29. The third-order valence-electron chi connectivity index (χ3n) is 4.25. The third kappa shape index (κ3) is 7.73. The van der Waals surface area contributed by atoms with Gasteiger partial charge in [-0.25, -0.2) is 0 Å². The van der Waals surface area contributed by atoms with Gasteiger partial charge in [0.1, 0.15) is 17.4 Å². The van der Waals surface area contributed by atoms with Gasteiger partial charge in [0.25, 0.3) is 5.91 Å². The molecule has 1 amide bonds. The van der Waals surface area contributed by atoms with E-state index in [0.29, 0.717) is 18.5 Å². The smallest absolute Gasteiger partial charge is 0.261 e. The van der Waals surface area contributed by atoms with E-state index in [2.05, 4.69) is 5.32 Å². The van der Waals surface area contributed by atoms with Gasteiger partial charge in [-0.1, -0.05) is 38.1 Å². The number of amides is 1. The van der Waals surface area contributed by atoms with Crippen LogP contribution in [0.2, 0.25) is 0 Å². The van der Waals surface area contributed by atoms with E-state index in [-0.39, 0.29) is 22.8 Å². The van der Waals surface area contributed by atoms with E-state index in [4.69, 9.17) is 14.2 Å². The number of carbonyl (C=O) groups is 1. The van der Waals surface area contributed by atoms with Crippen molar-refractivity contribution in [1.82, 2.24) is 5.32 Å². The van der Waals surface area contributed by atoms with Crippen molar-refractivity contribution in [2.24, 2.45) is 0 Å². The zero-order valence-electron chi connectivity index (χ0n) is 19.1. The van der Waals surface area contributed by atoms with Gasteiger partial charge in [-0.15, -0.1) is 0 Å². The first kappa shape index (κ1) is 26.1. The van der Waals surface area contributed by atoms with E-state index in [1.54, 1.807) is 31.4 Å². The van der Waals surface area contributed by atoms with Crippen molar-refractivity contribution in [3.8, 4) is 29.1 Å². The molecule has 2 aromatic rings. The lowest BCUT2D eigenvalue weighted by Gasteiger charge is -2.09. The number of methoxy groups -OCH3 is 3. The van der Waals surface area contributed by atoms with Crippen molar-refractivity contribution in [3.63, 3.8) is 0 Å². The molecule has 0 radical (unpaired) electrons. The normalized spacial score (nSPS) is 10.6. The van der Waals surface area contributed by atoms with Crippen LogP contribution < -0.4 is 19.5 Å². The highest BCUT2D eigenvalue weighted by Gasteiger charge is 2.10. The van der Waals surface area contributed by atoms with E-state index in [1.807, 2.05) is 44.2 Å². The van der Waals surface area contributed by atoms with E-state index in [9.17, 15) is 15.2 Å². The number of phenolic OH excluding ortho intramolecular Hbond substituents is 1. The first-order valence-electron chi connectivity index (χ1n) is 10.2. The largest absolute Gasteiger partial charge is 0.502 e. The minimum Gasteiger partial charge on any atom is -0.502 e. The fourth-order valence-electron chi connectivity index (χ4n) is 2.67. The fraction of sp³-hybridized carbons (Fsp3) is 0.280. The first-order chi connectivity index (χ1) is 15.5. The lowest BCUT2D eigenvalue weighted by Crippen LogP contribution is -2.26. The average Bonchev–Trinajstić information content (AvgIpc) is 2.83. The molecule has 0 bridgehead atoms. The molecule has 0 spiro atoms. The molecule has 0 atom stereocenters. The summed E-state index contributed by atoms with van der Waals surface area (Å²) < 4.78 is 15.4. The molecular weight excluding hydrogens is 408 g/mol. The Bertz CT molecular complexity index is 965. The molecule has 7 nitrogen and oxygen atoms in total.